The van der Waals surface area contributed by atoms with Gasteiger partial charge in [0.1, 0.15) is 5.60 Å². The van der Waals surface area contributed by atoms with Crippen LogP contribution in [0.3, 0.4) is 0 Å². The van der Waals surface area contributed by atoms with Crippen LogP contribution in [0.1, 0.15) is 33.4 Å². The topological polar surface area (TPSA) is 20.2 Å². The molecule has 0 unspecified atom stereocenters. The molecule has 116 valence electrons. The van der Waals surface area contributed by atoms with Gasteiger partial charge in [-0.3, -0.25) is 0 Å². The molecular weight excluding hydrogens is 280 g/mol. The molecule has 0 saturated heterocycles. The van der Waals surface area contributed by atoms with E-state index in [1.54, 1.807) is 0 Å². The van der Waals surface area contributed by atoms with Gasteiger partial charge in [0.05, 0.1) is 0 Å². The number of hydrogen-bond donors (Lipinski definition) is 1. The zero-order chi connectivity index (χ0) is 16.4. The lowest BCUT2D eigenvalue weighted by atomic mass is 9.78. The maximum atomic E-state index is 11.9. The summed E-state index contributed by atoms with van der Waals surface area (Å²) in [6, 6.07) is 24.3. The summed E-state index contributed by atoms with van der Waals surface area (Å²) in [5, 5.41) is 11.9. The van der Waals surface area contributed by atoms with Crippen molar-refractivity contribution < 1.29 is 5.11 Å². The van der Waals surface area contributed by atoms with Crippen molar-refractivity contribution in [2.75, 3.05) is 0 Å². The Kier molecular flexibility index (Phi) is 4.06. The van der Waals surface area contributed by atoms with E-state index >= 15 is 0 Å². The van der Waals surface area contributed by atoms with Crippen LogP contribution in [-0.2, 0) is 5.60 Å². The van der Waals surface area contributed by atoms with Crippen LogP contribution < -0.4 is 0 Å². The van der Waals surface area contributed by atoms with Crippen molar-refractivity contribution in [3.8, 4) is 0 Å². The third-order valence-corrected chi connectivity index (χ3v) is 4.41. The average molecular weight is 302 g/mol. The van der Waals surface area contributed by atoms with Crippen molar-refractivity contribution >= 4 is 0 Å². The van der Waals surface area contributed by atoms with Crippen molar-refractivity contribution in [3.05, 3.63) is 106 Å². The van der Waals surface area contributed by atoms with Crippen molar-refractivity contribution in [3.63, 3.8) is 0 Å². The molecule has 0 radical (unpaired) electrons. The lowest BCUT2D eigenvalue weighted by Crippen LogP contribution is -2.30. The van der Waals surface area contributed by atoms with Crippen LogP contribution in [0.2, 0.25) is 0 Å². The highest BCUT2D eigenvalue weighted by atomic mass is 16.3. The molecule has 0 amide bonds. The summed E-state index contributed by atoms with van der Waals surface area (Å²) >= 11 is 0. The molecule has 0 fully saturated rings. The van der Waals surface area contributed by atoms with Gasteiger partial charge in [-0.25, -0.2) is 0 Å². The molecule has 0 aliphatic rings. The number of rotatable bonds is 3. The molecule has 0 aliphatic heterocycles. The maximum absolute atomic E-state index is 11.9. The molecular formula is C22H22O. The van der Waals surface area contributed by atoms with Crippen LogP contribution >= 0.6 is 0 Å². The summed E-state index contributed by atoms with van der Waals surface area (Å²) in [5.41, 5.74) is 4.94. The van der Waals surface area contributed by atoms with Gasteiger partial charge in [0.2, 0.25) is 0 Å². The Morgan fingerprint density at radius 1 is 0.652 bits per heavy atom. The summed E-state index contributed by atoms with van der Waals surface area (Å²) < 4.78 is 0. The summed E-state index contributed by atoms with van der Waals surface area (Å²) in [6.07, 6.45) is 0. The van der Waals surface area contributed by atoms with E-state index in [1.165, 1.54) is 0 Å². The SMILES string of the molecule is Cc1cccc(C(O)(c2cccc(C)c2)c2ccccc2C)c1. The first-order valence-electron chi connectivity index (χ1n) is 7.94. The van der Waals surface area contributed by atoms with Crippen LogP contribution in [-0.4, -0.2) is 5.11 Å². The highest BCUT2D eigenvalue weighted by molar-refractivity contribution is 5.50. The first kappa shape index (κ1) is 15.5. The van der Waals surface area contributed by atoms with Gasteiger partial charge in [-0.2, -0.15) is 0 Å². The third-order valence-electron chi connectivity index (χ3n) is 4.41. The Morgan fingerprint density at radius 2 is 1.17 bits per heavy atom. The van der Waals surface area contributed by atoms with Crippen LogP contribution in [0.5, 0.6) is 0 Å². The average Bonchev–Trinajstić information content (AvgIpc) is 2.54. The van der Waals surface area contributed by atoms with E-state index in [-0.39, 0.29) is 0 Å². The molecule has 3 rings (SSSR count). The minimum atomic E-state index is -1.15. The van der Waals surface area contributed by atoms with Crippen LogP contribution in [0.25, 0.3) is 0 Å². The highest BCUT2D eigenvalue weighted by Crippen LogP contribution is 2.38. The largest absolute Gasteiger partial charge is 0.376 e. The molecule has 1 heteroatoms. The lowest BCUT2D eigenvalue weighted by Gasteiger charge is -2.32. The number of aryl methyl sites for hydroxylation is 3. The van der Waals surface area contributed by atoms with Crippen molar-refractivity contribution in [2.45, 2.75) is 26.4 Å². The van der Waals surface area contributed by atoms with E-state index in [4.69, 9.17) is 0 Å². The van der Waals surface area contributed by atoms with Gasteiger partial charge >= 0.3 is 0 Å². The Hall–Kier alpha value is -2.38. The zero-order valence-corrected chi connectivity index (χ0v) is 13.9. The summed E-state index contributed by atoms with van der Waals surface area (Å²) in [7, 11) is 0. The van der Waals surface area contributed by atoms with Crippen molar-refractivity contribution in [2.24, 2.45) is 0 Å². The Morgan fingerprint density at radius 3 is 1.65 bits per heavy atom. The molecule has 23 heavy (non-hydrogen) atoms. The third kappa shape index (κ3) is 2.80. The standard InChI is InChI=1S/C22H22O/c1-16-8-6-11-19(14-16)22(23,20-12-7-9-17(2)15-20)21-13-5-4-10-18(21)3/h4-15,23H,1-3H3. The van der Waals surface area contributed by atoms with Crippen LogP contribution in [0.4, 0.5) is 0 Å². The summed E-state index contributed by atoms with van der Waals surface area (Å²) in [6.45, 7) is 6.15. The monoisotopic (exact) mass is 302 g/mol. The molecule has 0 aliphatic carbocycles. The van der Waals surface area contributed by atoms with E-state index in [9.17, 15) is 5.11 Å². The van der Waals surface area contributed by atoms with Gasteiger partial charge in [0.15, 0.2) is 0 Å². The Bertz CT molecular complexity index is 787. The van der Waals surface area contributed by atoms with E-state index in [0.29, 0.717) is 0 Å². The van der Waals surface area contributed by atoms with Gasteiger partial charge < -0.3 is 5.11 Å². The van der Waals surface area contributed by atoms with Gasteiger partial charge in [-0.1, -0.05) is 83.9 Å². The number of hydrogen-bond acceptors (Lipinski definition) is 1. The van der Waals surface area contributed by atoms with Gasteiger partial charge in [0.25, 0.3) is 0 Å². The second-order valence-electron chi connectivity index (χ2n) is 6.26. The van der Waals surface area contributed by atoms with Crippen molar-refractivity contribution in [1.82, 2.24) is 0 Å². The predicted octanol–water partition coefficient (Wildman–Crippen LogP) is 4.90. The smallest absolute Gasteiger partial charge is 0.140 e. The molecule has 0 spiro atoms. The Labute approximate surface area is 138 Å². The molecule has 0 atom stereocenters. The van der Waals surface area contributed by atoms with E-state index in [1.807, 2.05) is 55.5 Å². The normalized spacial score (nSPS) is 11.5. The van der Waals surface area contributed by atoms with E-state index in [2.05, 4.69) is 38.1 Å². The number of aliphatic hydroxyl groups is 1. The first-order valence-corrected chi connectivity index (χ1v) is 7.94. The maximum Gasteiger partial charge on any atom is 0.140 e. The molecule has 0 heterocycles. The molecule has 0 saturated carbocycles. The van der Waals surface area contributed by atoms with Crippen molar-refractivity contribution in [1.29, 1.82) is 0 Å². The second-order valence-corrected chi connectivity index (χ2v) is 6.26. The minimum absolute atomic E-state index is 0.900. The quantitative estimate of drug-likeness (QED) is 0.683. The summed E-state index contributed by atoms with van der Waals surface area (Å²) in [4.78, 5) is 0. The molecule has 1 N–H and O–H groups in total. The van der Waals surface area contributed by atoms with Gasteiger partial charge in [-0.15, -0.1) is 0 Å². The molecule has 3 aromatic carbocycles. The zero-order valence-electron chi connectivity index (χ0n) is 13.9. The fourth-order valence-electron chi connectivity index (χ4n) is 3.20. The first-order chi connectivity index (χ1) is 11.0. The fraction of sp³-hybridized carbons (Fsp3) is 0.182. The van der Waals surface area contributed by atoms with Gasteiger partial charge in [-0.05, 0) is 43.0 Å². The van der Waals surface area contributed by atoms with E-state index in [0.717, 1.165) is 33.4 Å². The summed E-state index contributed by atoms with van der Waals surface area (Å²) in [5.74, 6) is 0. The van der Waals surface area contributed by atoms with Crippen LogP contribution in [0, 0.1) is 20.8 Å². The van der Waals surface area contributed by atoms with Crippen LogP contribution in [0.15, 0.2) is 72.8 Å². The lowest BCUT2D eigenvalue weighted by molar-refractivity contribution is 0.125. The highest BCUT2D eigenvalue weighted by Gasteiger charge is 2.35. The fourth-order valence-corrected chi connectivity index (χ4v) is 3.20. The molecule has 3 aromatic rings. The molecule has 1 nitrogen and oxygen atoms in total. The number of benzene rings is 3. The molecule has 0 bridgehead atoms. The second kappa shape index (κ2) is 6.02. The van der Waals surface area contributed by atoms with E-state index < -0.39 is 5.60 Å². The molecule has 0 aromatic heterocycles. The predicted molar refractivity (Wildman–Crippen MR) is 95.6 cm³/mol. The van der Waals surface area contributed by atoms with Gasteiger partial charge in [0, 0.05) is 0 Å². The minimum Gasteiger partial charge on any atom is -0.376 e. The Balaban J connectivity index is 2.32.